The number of fused-ring (bicyclic) bond motifs is 1. The molecule has 1 amide bonds. The summed E-state index contributed by atoms with van der Waals surface area (Å²) in [6.07, 6.45) is 8.22. The van der Waals surface area contributed by atoms with Gasteiger partial charge >= 0.3 is 0 Å². The predicted octanol–water partition coefficient (Wildman–Crippen LogP) is 3.02. The predicted molar refractivity (Wildman–Crippen MR) is 103 cm³/mol. The van der Waals surface area contributed by atoms with E-state index in [0.717, 1.165) is 31.2 Å². The first-order valence-corrected chi connectivity index (χ1v) is 9.26. The number of benzene rings is 1. The molecule has 2 heterocycles. The Kier molecular flexibility index (Phi) is 5.11. The van der Waals surface area contributed by atoms with E-state index >= 15 is 0 Å². The van der Waals surface area contributed by atoms with Crippen LogP contribution in [0.25, 0.3) is 11.0 Å². The van der Waals surface area contributed by atoms with Crippen molar-refractivity contribution < 1.29 is 9.53 Å². The largest absolute Gasteiger partial charge is 0.474 e. The quantitative estimate of drug-likeness (QED) is 0.754. The van der Waals surface area contributed by atoms with Crippen LogP contribution in [-0.4, -0.2) is 33.0 Å². The second-order valence-corrected chi connectivity index (χ2v) is 6.82. The van der Waals surface area contributed by atoms with E-state index in [0.29, 0.717) is 22.5 Å². The highest BCUT2D eigenvalue weighted by atomic mass is 16.5. The number of nitrogens with one attached hydrogen (secondary N) is 1. The van der Waals surface area contributed by atoms with Crippen molar-refractivity contribution >= 4 is 16.9 Å². The molecule has 1 fully saturated rings. The summed E-state index contributed by atoms with van der Waals surface area (Å²) in [5, 5.41) is 11.9. The minimum absolute atomic E-state index is 0.0736. The first-order chi connectivity index (χ1) is 13.7. The zero-order valence-electron chi connectivity index (χ0n) is 15.2. The Labute approximate surface area is 162 Å². The van der Waals surface area contributed by atoms with E-state index in [-0.39, 0.29) is 18.1 Å². The molecular formula is C21H19N5O2. The molecule has 3 aromatic rings. The van der Waals surface area contributed by atoms with Crippen LogP contribution >= 0.6 is 0 Å². The fourth-order valence-electron chi connectivity index (χ4n) is 3.39. The number of nitrogens with zero attached hydrogens (tertiary/aromatic N) is 4. The number of pyridine rings is 1. The summed E-state index contributed by atoms with van der Waals surface area (Å²) in [4.78, 5) is 25.2. The maximum absolute atomic E-state index is 12.6. The minimum atomic E-state index is -0.0920. The monoisotopic (exact) mass is 373 g/mol. The summed E-state index contributed by atoms with van der Waals surface area (Å²) in [6.45, 7) is 0. The zero-order valence-corrected chi connectivity index (χ0v) is 15.2. The van der Waals surface area contributed by atoms with Crippen molar-refractivity contribution in [3.8, 4) is 11.9 Å². The molecule has 0 spiro atoms. The van der Waals surface area contributed by atoms with Crippen LogP contribution in [0.1, 0.15) is 41.6 Å². The molecule has 0 atom stereocenters. The van der Waals surface area contributed by atoms with Gasteiger partial charge in [0.05, 0.1) is 16.6 Å². The van der Waals surface area contributed by atoms with Crippen molar-refractivity contribution in [3.05, 3.63) is 60.0 Å². The number of nitriles is 1. The standard InChI is InChI=1S/C21H19N5O2/c22-12-14-1-8-20(25-13-14)28-17-5-3-16(4-6-17)26-21(27)15-2-7-18-19(11-15)24-10-9-23-18/h1-2,7-11,13,16-17H,3-6H2,(H,26,27). The van der Waals surface area contributed by atoms with Crippen molar-refractivity contribution in [3.63, 3.8) is 0 Å². The molecule has 4 rings (SSSR count). The van der Waals surface area contributed by atoms with Gasteiger partial charge in [-0.2, -0.15) is 5.26 Å². The second-order valence-electron chi connectivity index (χ2n) is 6.82. The maximum Gasteiger partial charge on any atom is 0.251 e. The topological polar surface area (TPSA) is 101 Å². The average Bonchev–Trinajstić information content (AvgIpc) is 2.75. The molecule has 7 nitrogen and oxygen atoms in total. The van der Waals surface area contributed by atoms with Gasteiger partial charge in [0.2, 0.25) is 5.88 Å². The van der Waals surface area contributed by atoms with E-state index in [1.54, 1.807) is 36.7 Å². The van der Waals surface area contributed by atoms with Crippen molar-refractivity contribution in [2.75, 3.05) is 0 Å². The molecule has 7 heteroatoms. The molecule has 0 saturated heterocycles. The Morgan fingerprint density at radius 3 is 2.54 bits per heavy atom. The molecule has 140 valence electrons. The summed E-state index contributed by atoms with van der Waals surface area (Å²) in [6, 6.07) is 10.9. The van der Waals surface area contributed by atoms with Crippen LogP contribution in [-0.2, 0) is 0 Å². The van der Waals surface area contributed by atoms with Crippen LogP contribution in [0.2, 0.25) is 0 Å². The lowest BCUT2D eigenvalue weighted by Crippen LogP contribution is -2.39. The van der Waals surface area contributed by atoms with Gasteiger partial charge in [0.15, 0.2) is 0 Å². The van der Waals surface area contributed by atoms with Gasteiger partial charge in [-0.25, -0.2) is 4.98 Å². The van der Waals surface area contributed by atoms with E-state index in [4.69, 9.17) is 10.00 Å². The number of aromatic nitrogens is 3. The van der Waals surface area contributed by atoms with Crippen LogP contribution in [0.5, 0.6) is 5.88 Å². The van der Waals surface area contributed by atoms with Crippen molar-refractivity contribution in [1.82, 2.24) is 20.3 Å². The van der Waals surface area contributed by atoms with Crippen molar-refractivity contribution in [2.45, 2.75) is 37.8 Å². The molecule has 0 radical (unpaired) electrons. The lowest BCUT2D eigenvalue weighted by Gasteiger charge is -2.29. The van der Waals surface area contributed by atoms with Crippen LogP contribution in [0.4, 0.5) is 0 Å². The molecule has 0 unspecified atom stereocenters. The molecule has 1 N–H and O–H groups in total. The summed E-state index contributed by atoms with van der Waals surface area (Å²) >= 11 is 0. The molecule has 0 bridgehead atoms. The molecule has 1 aromatic carbocycles. The third-order valence-corrected chi connectivity index (χ3v) is 4.89. The van der Waals surface area contributed by atoms with Crippen molar-refractivity contribution in [1.29, 1.82) is 5.26 Å². The number of carbonyl (C=O) groups excluding carboxylic acids is 1. The Morgan fingerprint density at radius 1 is 1.04 bits per heavy atom. The Balaban J connectivity index is 1.30. The van der Waals surface area contributed by atoms with Crippen LogP contribution in [0.3, 0.4) is 0 Å². The van der Waals surface area contributed by atoms with Gasteiger partial charge in [-0.05, 0) is 49.9 Å². The van der Waals surface area contributed by atoms with Gasteiger partial charge < -0.3 is 10.1 Å². The second kappa shape index (κ2) is 8.01. The molecule has 28 heavy (non-hydrogen) atoms. The Morgan fingerprint density at radius 2 is 1.82 bits per heavy atom. The number of carbonyl (C=O) groups is 1. The van der Waals surface area contributed by atoms with Gasteiger partial charge in [-0.1, -0.05) is 0 Å². The number of amides is 1. The fraction of sp³-hybridized carbons (Fsp3) is 0.286. The van der Waals surface area contributed by atoms with E-state index in [1.807, 2.05) is 12.1 Å². The minimum Gasteiger partial charge on any atom is -0.474 e. The molecule has 1 aliphatic rings. The summed E-state index contributed by atoms with van der Waals surface area (Å²) in [5.74, 6) is 0.439. The number of hydrogen-bond acceptors (Lipinski definition) is 6. The van der Waals surface area contributed by atoms with E-state index in [1.165, 1.54) is 6.20 Å². The summed E-state index contributed by atoms with van der Waals surface area (Å²) in [7, 11) is 0. The highest BCUT2D eigenvalue weighted by molar-refractivity contribution is 5.97. The highest BCUT2D eigenvalue weighted by Gasteiger charge is 2.24. The number of rotatable bonds is 4. The molecule has 0 aliphatic heterocycles. The fourth-order valence-corrected chi connectivity index (χ4v) is 3.39. The third-order valence-electron chi connectivity index (χ3n) is 4.89. The summed E-state index contributed by atoms with van der Waals surface area (Å²) in [5.41, 5.74) is 2.59. The van der Waals surface area contributed by atoms with Crippen molar-refractivity contribution in [2.24, 2.45) is 0 Å². The first kappa shape index (κ1) is 17.9. The van der Waals surface area contributed by atoms with Crippen LogP contribution < -0.4 is 10.1 Å². The maximum atomic E-state index is 12.6. The molecule has 1 saturated carbocycles. The average molecular weight is 373 g/mol. The van der Waals surface area contributed by atoms with E-state index in [2.05, 4.69) is 20.3 Å². The smallest absolute Gasteiger partial charge is 0.251 e. The summed E-state index contributed by atoms with van der Waals surface area (Å²) < 4.78 is 5.89. The Bertz CT molecular complexity index is 1020. The van der Waals surface area contributed by atoms with E-state index < -0.39 is 0 Å². The van der Waals surface area contributed by atoms with Crippen LogP contribution in [0, 0.1) is 11.3 Å². The normalized spacial score (nSPS) is 19.0. The van der Waals surface area contributed by atoms with Gasteiger partial charge in [-0.15, -0.1) is 0 Å². The Hall–Kier alpha value is -3.53. The third kappa shape index (κ3) is 4.07. The van der Waals surface area contributed by atoms with E-state index in [9.17, 15) is 4.79 Å². The first-order valence-electron chi connectivity index (χ1n) is 9.26. The van der Waals surface area contributed by atoms with Gasteiger partial charge in [0, 0.05) is 36.3 Å². The molecular weight excluding hydrogens is 354 g/mol. The number of ether oxygens (including phenoxy) is 1. The van der Waals surface area contributed by atoms with Gasteiger partial charge in [-0.3, -0.25) is 14.8 Å². The van der Waals surface area contributed by atoms with Gasteiger partial charge in [0.1, 0.15) is 12.2 Å². The SMILES string of the molecule is N#Cc1ccc(OC2CCC(NC(=O)c3ccc4nccnc4c3)CC2)nc1. The lowest BCUT2D eigenvalue weighted by atomic mass is 9.92. The highest BCUT2D eigenvalue weighted by Crippen LogP contribution is 2.23. The molecule has 2 aromatic heterocycles. The molecule has 1 aliphatic carbocycles. The van der Waals surface area contributed by atoms with Crippen LogP contribution in [0.15, 0.2) is 48.9 Å². The lowest BCUT2D eigenvalue weighted by molar-refractivity contribution is 0.0890. The number of hydrogen-bond donors (Lipinski definition) is 1. The van der Waals surface area contributed by atoms with Gasteiger partial charge in [0.25, 0.3) is 5.91 Å². The zero-order chi connectivity index (χ0) is 19.3.